The van der Waals surface area contributed by atoms with Gasteiger partial charge >= 0.3 is 5.97 Å². The van der Waals surface area contributed by atoms with Gasteiger partial charge in [0, 0.05) is 58.5 Å². The minimum atomic E-state index is -2.43. The fraction of sp³-hybridized carbons (Fsp3) is 0.731. The van der Waals surface area contributed by atoms with Crippen molar-refractivity contribution in [2.24, 2.45) is 35.5 Å². The molecule has 69 heavy (non-hydrogen) atoms. The van der Waals surface area contributed by atoms with Crippen molar-refractivity contribution >= 4 is 29.2 Å². The molecule has 0 aromatic carbocycles. The lowest BCUT2D eigenvalue weighted by Gasteiger charge is -2.42. The maximum absolute atomic E-state index is 14.5. The Balaban J connectivity index is 1.46. The van der Waals surface area contributed by atoms with E-state index in [4.69, 9.17) is 23.7 Å². The maximum atomic E-state index is 14.5. The van der Waals surface area contributed by atoms with Gasteiger partial charge < -0.3 is 38.8 Å². The summed E-state index contributed by atoms with van der Waals surface area (Å²) in [5.74, 6) is -7.91. The fourth-order valence-corrected chi connectivity index (χ4v) is 10.7. The molecule has 5 unspecified atom stereocenters. The molecule has 1 aromatic rings. The molecule has 2 N–H and O–H groups in total. The lowest BCUT2D eigenvalue weighted by molar-refractivity contribution is -0.265. The second-order valence-electron chi connectivity index (χ2n) is 20.4. The van der Waals surface area contributed by atoms with Crippen molar-refractivity contribution in [3.63, 3.8) is 0 Å². The smallest absolute Gasteiger partial charge is 0.329 e. The number of Topliss-reactive ketones (excluding diaryl/α,β-unsaturated/α-hetero) is 3. The predicted molar refractivity (Wildman–Crippen MR) is 256 cm³/mol. The predicted octanol–water partition coefficient (Wildman–Crippen LogP) is 6.05. The summed E-state index contributed by atoms with van der Waals surface area (Å²) in [6.45, 7) is 12.8. The monoisotopic (exact) mass is 966 g/mol. The lowest BCUT2D eigenvalue weighted by atomic mass is 9.78. The van der Waals surface area contributed by atoms with Crippen LogP contribution in [0.2, 0.25) is 0 Å². The molecule has 2 saturated heterocycles. The number of amides is 1. The number of cyclic esters (lactones) is 1. The third kappa shape index (κ3) is 14.2. The van der Waals surface area contributed by atoms with Gasteiger partial charge in [-0.05, 0) is 112 Å². The fourth-order valence-electron chi connectivity index (χ4n) is 10.7. The summed E-state index contributed by atoms with van der Waals surface area (Å²) in [6.07, 6.45) is 13.7. The number of tetrazole rings is 1. The molecule has 15 atom stereocenters. The van der Waals surface area contributed by atoms with Crippen LogP contribution in [0.1, 0.15) is 132 Å². The van der Waals surface area contributed by atoms with Gasteiger partial charge in [-0.3, -0.25) is 19.2 Å². The Labute approximate surface area is 408 Å². The molecule has 2 bridgehead atoms. The normalized spacial score (nSPS) is 36.3. The molecule has 1 saturated carbocycles. The molecule has 3 fully saturated rings. The topological polar surface area (TPSA) is 219 Å². The first-order valence-corrected chi connectivity index (χ1v) is 25.0. The third-order valence-corrected chi connectivity index (χ3v) is 15.2. The molecule has 5 rings (SSSR count). The average Bonchev–Trinajstić information content (AvgIpc) is 3.88. The number of fused-ring (bicyclic) bond motifs is 3. The second-order valence-corrected chi connectivity index (χ2v) is 20.4. The van der Waals surface area contributed by atoms with Crippen LogP contribution in [0.15, 0.2) is 53.9 Å². The van der Waals surface area contributed by atoms with E-state index in [9.17, 15) is 34.2 Å². The SMILES string of the molecule is COC1C(=O)C(C)C[C@H](C)C=CC=CC=C(C)[C@@H](OC)CC2CC[C@@H](C)[C@@](O)(O2)C(=O)C(=O)N2CCCC[C@H]2C(=O)O[C@H]([C@H](C)C[C@@H]2CCC(n3ncnn3)[C@H](OC)C2)CC(=O)C(C)=CC(C)[C@H]1O. The number of carbonyl (C=O) groups excluding carboxylic acids is 5. The summed E-state index contributed by atoms with van der Waals surface area (Å²) in [6, 6.07) is -1.25. The van der Waals surface area contributed by atoms with Crippen LogP contribution < -0.4 is 0 Å². The molecule has 4 heterocycles. The first kappa shape index (κ1) is 55.7. The number of piperidine rings is 1. The Morgan fingerprint density at radius 2 is 1.65 bits per heavy atom. The van der Waals surface area contributed by atoms with Crippen LogP contribution in [0.25, 0.3) is 0 Å². The van der Waals surface area contributed by atoms with E-state index in [-0.39, 0.29) is 60.9 Å². The Morgan fingerprint density at radius 3 is 2.33 bits per heavy atom. The van der Waals surface area contributed by atoms with E-state index < -0.39 is 77.8 Å². The molecule has 17 heteroatoms. The standard InChI is InChI=1S/C52H79N5O12/c1-31-16-12-11-13-17-32(2)43(65-8)28-39-21-19-37(7)52(64,69-39)49(61)50(62)56-23-15-14-18-41(56)51(63)68-44(34(4)26-38-20-22-40(45(27-38)66-9)57-54-30-53-55-57)29-42(58)33(3)25-36(6)47(60)48(67-10)46(59)35(5)24-31/h11-13,16-17,25,30-31,34-41,43-45,47-48,60,64H,14-15,18-24,26-29H2,1-10H3/t31-,34-,35?,36?,37-,38+,39?,40?,41+,43+,44+,45-,47-,48?,52-/m1/s1. The van der Waals surface area contributed by atoms with Gasteiger partial charge in [0.05, 0.1) is 30.5 Å². The van der Waals surface area contributed by atoms with Gasteiger partial charge in [-0.2, -0.15) is 4.80 Å². The largest absolute Gasteiger partial charge is 0.460 e. The quantitative estimate of drug-likeness (QED) is 0.235. The van der Waals surface area contributed by atoms with Crippen LogP contribution in [0.3, 0.4) is 0 Å². The summed E-state index contributed by atoms with van der Waals surface area (Å²) < 4.78 is 29.9. The highest BCUT2D eigenvalue weighted by Gasteiger charge is 2.53. The Hall–Kier alpha value is -4.26. The molecule has 3 aliphatic heterocycles. The number of aliphatic hydroxyl groups excluding tert-OH is 1. The number of nitrogens with zero attached hydrogens (tertiary/aromatic N) is 5. The van der Waals surface area contributed by atoms with E-state index in [1.54, 1.807) is 45.9 Å². The number of esters is 1. The van der Waals surface area contributed by atoms with Crippen molar-refractivity contribution in [2.75, 3.05) is 27.9 Å². The summed E-state index contributed by atoms with van der Waals surface area (Å²) in [5, 5.41) is 35.7. The number of hydrogen-bond donors (Lipinski definition) is 2. The molecule has 1 aromatic heterocycles. The molecule has 1 amide bonds. The van der Waals surface area contributed by atoms with Crippen molar-refractivity contribution in [1.82, 2.24) is 25.1 Å². The Bertz CT molecular complexity index is 2020. The van der Waals surface area contributed by atoms with E-state index in [2.05, 4.69) is 15.4 Å². The summed E-state index contributed by atoms with van der Waals surface area (Å²) in [4.78, 5) is 73.9. The first-order chi connectivity index (χ1) is 32.8. The van der Waals surface area contributed by atoms with E-state index in [1.807, 2.05) is 58.1 Å². The highest BCUT2D eigenvalue weighted by Crippen LogP contribution is 2.39. The zero-order chi connectivity index (χ0) is 50.6. The van der Waals surface area contributed by atoms with Crippen molar-refractivity contribution in [3.8, 4) is 0 Å². The number of methoxy groups -OCH3 is 3. The van der Waals surface area contributed by atoms with E-state index in [1.165, 1.54) is 18.3 Å². The van der Waals surface area contributed by atoms with Gasteiger partial charge in [-0.1, -0.05) is 71.1 Å². The summed E-state index contributed by atoms with van der Waals surface area (Å²) >= 11 is 0. The van der Waals surface area contributed by atoms with Gasteiger partial charge in [0.1, 0.15) is 18.2 Å². The Kier molecular flexibility index (Phi) is 20.8. The second kappa shape index (κ2) is 25.7. The number of rotatable bonds is 7. The zero-order valence-corrected chi connectivity index (χ0v) is 42.5. The van der Waals surface area contributed by atoms with Crippen LogP contribution in [0, 0.1) is 35.5 Å². The van der Waals surface area contributed by atoms with Crippen molar-refractivity contribution in [1.29, 1.82) is 0 Å². The van der Waals surface area contributed by atoms with E-state index in [0.717, 1.165) is 18.4 Å². The van der Waals surface area contributed by atoms with Crippen molar-refractivity contribution < 1.29 is 57.9 Å². The van der Waals surface area contributed by atoms with Crippen molar-refractivity contribution in [3.05, 3.63) is 53.9 Å². The van der Waals surface area contributed by atoms with Crippen LogP contribution in [0.4, 0.5) is 0 Å². The number of ether oxygens (including phenoxy) is 5. The van der Waals surface area contributed by atoms with Gasteiger partial charge in [0.2, 0.25) is 5.79 Å². The minimum Gasteiger partial charge on any atom is -0.460 e. The van der Waals surface area contributed by atoms with E-state index >= 15 is 0 Å². The van der Waals surface area contributed by atoms with Crippen LogP contribution in [0.5, 0.6) is 0 Å². The summed E-state index contributed by atoms with van der Waals surface area (Å²) in [7, 11) is 4.62. The highest BCUT2D eigenvalue weighted by atomic mass is 16.6. The van der Waals surface area contributed by atoms with Gasteiger partial charge in [-0.15, -0.1) is 10.2 Å². The molecule has 4 aliphatic rings. The average molecular weight is 966 g/mol. The van der Waals surface area contributed by atoms with Gasteiger partial charge in [-0.25, -0.2) is 4.79 Å². The highest BCUT2D eigenvalue weighted by molar-refractivity contribution is 6.39. The molecule has 1 aliphatic carbocycles. The number of aromatic nitrogens is 4. The van der Waals surface area contributed by atoms with Gasteiger partial charge in [0.25, 0.3) is 11.7 Å². The number of carbonyl (C=O) groups is 5. The zero-order valence-electron chi connectivity index (χ0n) is 42.5. The van der Waals surface area contributed by atoms with E-state index in [0.29, 0.717) is 56.9 Å². The first-order valence-electron chi connectivity index (χ1n) is 25.0. The molecule has 384 valence electrons. The molecule has 0 spiro atoms. The molecule has 17 nitrogen and oxygen atoms in total. The van der Waals surface area contributed by atoms with Crippen molar-refractivity contribution in [2.45, 2.75) is 180 Å². The molecular formula is C52H79N5O12. The lowest BCUT2D eigenvalue weighted by Crippen LogP contribution is -2.61. The molecular weight excluding hydrogens is 887 g/mol. The number of allylic oxidation sites excluding steroid dienone is 6. The number of aliphatic hydroxyl groups is 2. The number of ketones is 3. The molecule has 0 radical (unpaired) electrons. The Morgan fingerprint density at radius 1 is 0.899 bits per heavy atom. The minimum absolute atomic E-state index is 0.0195. The number of hydrogen-bond acceptors (Lipinski definition) is 15. The van der Waals surface area contributed by atoms with Crippen LogP contribution >= 0.6 is 0 Å². The summed E-state index contributed by atoms with van der Waals surface area (Å²) in [5.41, 5.74) is 1.20. The third-order valence-electron chi connectivity index (χ3n) is 15.2. The van der Waals surface area contributed by atoms with Crippen LogP contribution in [-0.4, -0.2) is 141 Å². The van der Waals surface area contributed by atoms with Crippen LogP contribution in [-0.2, 0) is 47.7 Å². The maximum Gasteiger partial charge on any atom is 0.329 e. The van der Waals surface area contributed by atoms with Gasteiger partial charge in [0.15, 0.2) is 17.9 Å².